The second-order valence-corrected chi connectivity index (χ2v) is 22.8. The van der Waals surface area contributed by atoms with Crippen molar-refractivity contribution in [1.82, 2.24) is 9.80 Å². The third kappa shape index (κ3) is 10.4. The Kier molecular flexibility index (Phi) is 12.9. The maximum Gasteiger partial charge on any atom is 0.261 e. The van der Waals surface area contributed by atoms with Gasteiger partial charge >= 0.3 is 0 Å². The summed E-state index contributed by atoms with van der Waals surface area (Å²) in [6.45, 7) is 27.8. The molecular weight excluding hydrogens is 829 g/mol. The van der Waals surface area contributed by atoms with Crippen LogP contribution in [0.5, 0.6) is 0 Å². The van der Waals surface area contributed by atoms with E-state index in [0.717, 1.165) is 44.5 Å². The molecule has 4 nitrogen and oxygen atoms in total. The summed E-state index contributed by atoms with van der Waals surface area (Å²) in [4.78, 5) is 34.0. The molecule has 6 aromatic carbocycles. The van der Waals surface area contributed by atoms with E-state index in [1.54, 1.807) is 0 Å². The molecule has 0 N–H and O–H groups in total. The van der Waals surface area contributed by atoms with E-state index in [0.29, 0.717) is 35.6 Å². The highest BCUT2D eigenvalue weighted by Gasteiger charge is 2.49. The standard InChI is InChI=1S/C64H68N2O2/c1-61(2,3)51-35-47(36-52(39-51)62(4,5)6)25-23-43-27-31-49(32-28-43)57-55-56(60(68)65(57)41-45-19-15-13-16-20-45)58(66(59(55)67)42-46-21-17-14-18-22-46)50-33-29-44(30-34-50)24-26-48-37-53(63(7,8)9)40-54(38-48)64(10,11)12/h13-40H,41-42H2,1-12H3/b25-23+,26-24+. The molecule has 0 fully saturated rings. The molecule has 346 valence electrons. The summed E-state index contributed by atoms with van der Waals surface area (Å²) in [5.41, 5.74) is 15.5. The summed E-state index contributed by atoms with van der Waals surface area (Å²) < 4.78 is 0. The maximum atomic E-state index is 15.2. The maximum absolute atomic E-state index is 15.2. The zero-order valence-corrected chi connectivity index (χ0v) is 42.3. The molecule has 0 unspecified atom stereocenters. The van der Waals surface area contributed by atoms with Gasteiger partial charge in [-0.2, -0.15) is 0 Å². The van der Waals surface area contributed by atoms with Crippen LogP contribution in [0.4, 0.5) is 0 Å². The van der Waals surface area contributed by atoms with Crippen LogP contribution in [0.3, 0.4) is 0 Å². The van der Waals surface area contributed by atoms with Crippen LogP contribution in [0.25, 0.3) is 35.7 Å². The summed E-state index contributed by atoms with van der Waals surface area (Å²) >= 11 is 0. The van der Waals surface area contributed by atoms with Gasteiger partial charge in [-0.05, 0) is 88.4 Å². The lowest BCUT2D eigenvalue weighted by atomic mass is 9.79. The van der Waals surface area contributed by atoms with Crippen LogP contribution in [0.15, 0.2) is 157 Å². The molecular formula is C64H68N2O2. The van der Waals surface area contributed by atoms with Gasteiger partial charge in [0.05, 0.1) is 35.6 Å². The van der Waals surface area contributed by atoms with Gasteiger partial charge in [0.2, 0.25) is 0 Å². The quantitative estimate of drug-likeness (QED) is 0.129. The van der Waals surface area contributed by atoms with Gasteiger partial charge < -0.3 is 9.80 Å². The molecule has 0 aromatic heterocycles. The van der Waals surface area contributed by atoms with Crippen molar-refractivity contribution >= 4 is 47.5 Å². The van der Waals surface area contributed by atoms with E-state index in [1.165, 1.54) is 22.3 Å². The van der Waals surface area contributed by atoms with Gasteiger partial charge in [-0.3, -0.25) is 9.59 Å². The summed E-state index contributed by atoms with van der Waals surface area (Å²) in [6.07, 6.45) is 8.67. The molecule has 0 saturated carbocycles. The summed E-state index contributed by atoms with van der Waals surface area (Å²) in [6, 6.07) is 50.4. The smallest absolute Gasteiger partial charge is 0.261 e. The van der Waals surface area contributed by atoms with Gasteiger partial charge in [0.1, 0.15) is 0 Å². The van der Waals surface area contributed by atoms with E-state index in [4.69, 9.17) is 0 Å². The Morgan fingerprint density at radius 2 is 0.632 bits per heavy atom. The van der Waals surface area contributed by atoms with Crippen molar-refractivity contribution in [2.45, 2.75) is 118 Å². The zero-order chi connectivity index (χ0) is 48.8. The second kappa shape index (κ2) is 18.4. The number of benzene rings is 6. The van der Waals surface area contributed by atoms with E-state index in [9.17, 15) is 0 Å². The van der Waals surface area contributed by atoms with Gasteiger partial charge in [0.25, 0.3) is 11.8 Å². The molecule has 0 aliphatic carbocycles. The average molecular weight is 897 g/mol. The largest absolute Gasteiger partial charge is 0.302 e. The number of hydrogen-bond acceptors (Lipinski definition) is 2. The molecule has 0 atom stereocenters. The number of carbonyl (C=O) groups excluding carboxylic acids is 2. The molecule has 0 radical (unpaired) electrons. The van der Waals surface area contributed by atoms with Gasteiger partial charge in [-0.1, -0.05) is 253 Å². The lowest BCUT2D eigenvalue weighted by molar-refractivity contribution is -0.124. The Labute approximate surface area is 406 Å². The molecule has 0 spiro atoms. The average Bonchev–Trinajstić information content (AvgIpc) is 3.73. The molecule has 0 saturated heterocycles. The third-order valence-electron chi connectivity index (χ3n) is 13.2. The van der Waals surface area contributed by atoms with E-state index < -0.39 is 0 Å². The molecule has 2 aliphatic heterocycles. The summed E-state index contributed by atoms with van der Waals surface area (Å²) in [5.74, 6) is -0.347. The Morgan fingerprint density at radius 1 is 0.353 bits per heavy atom. The third-order valence-corrected chi connectivity index (χ3v) is 13.2. The van der Waals surface area contributed by atoms with E-state index in [2.05, 4.69) is 192 Å². The number of carbonyl (C=O) groups is 2. The van der Waals surface area contributed by atoms with E-state index >= 15 is 9.59 Å². The molecule has 2 heterocycles. The minimum atomic E-state index is -0.174. The highest BCUT2D eigenvalue weighted by atomic mass is 16.2. The molecule has 8 rings (SSSR count). The first-order chi connectivity index (χ1) is 32.0. The molecule has 2 aliphatic rings. The van der Waals surface area contributed by atoms with Crippen LogP contribution in [0.1, 0.15) is 150 Å². The molecule has 4 heteroatoms. The second-order valence-electron chi connectivity index (χ2n) is 22.8. The van der Waals surface area contributed by atoms with Gasteiger partial charge in [0, 0.05) is 0 Å². The lowest BCUT2D eigenvalue weighted by Crippen LogP contribution is -2.29. The first-order valence-corrected chi connectivity index (χ1v) is 24.1. The predicted molar refractivity (Wildman–Crippen MR) is 286 cm³/mol. The van der Waals surface area contributed by atoms with Crippen LogP contribution < -0.4 is 0 Å². The molecule has 2 amide bonds. The van der Waals surface area contributed by atoms with Crippen molar-refractivity contribution in [3.8, 4) is 0 Å². The Hall–Kier alpha value is -6.78. The first kappa shape index (κ1) is 47.7. The fourth-order valence-electron chi connectivity index (χ4n) is 8.95. The molecule has 68 heavy (non-hydrogen) atoms. The van der Waals surface area contributed by atoms with Gasteiger partial charge in [-0.25, -0.2) is 0 Å². The Balaban J connectivity index is 1.20. The number of nitrogens with zero attached hydrogens (tertiary/aromatic N) is 2. The van der Waals surface area contributed by atoms with Crippen LogP contribution in [0, 0.1) is 0 Å². The van der Waals surface area contributed by atoms with Crippen LogP contribution in [-0.4, -0.2) is 21.6 Å². The summed E-state index contributed by atoms with van der Waals surface area (Å²) in [7, 11) is 0. The monoisotopic (exact) mass is 897 g/mol. The van der Waals surface area contributed by atoms with Gasteiger partial charge in [0.15, 0.2) is 0 Å². The predicted octanol–water partition coefficient (Wildman–Crippen LogP) is 15.4. The fourth-order valence-corrected chi connectivity index (χ4v) is 8.95. The van der Waals surface area contributed by atoms with Crippen LogP contribution >= 0.6 is 0 Å². The number of hydrogen-bond donors (Lipinski definition) is 0. The highest BCUT2D eigenvalue weighted by Crippen LogP contribution is 2.48. The number of amides is 2. The first-order valence-electron chi connectivity index (χ1n) is 24.1. The summed E-state index contributed by atoms with van der Waals surface area (Å²) in [5, 5.41) is 0. The number of fused-ring (bicyclic) bond motifs is 1. The highest BCUT2D eigenvalue weighted by molar-refractivity contribution is 6.30. The van der Waals surface area contributed by atoms with Crippen molar-refractivity contribution in [1.29, 1.82) is 0 Å². The zero-order valence-electron chi connectivity index (χ0n) is 42.3. The van der Waals surface area contributed by atoms with Crippen molar-refractivity contribution in [2.24, 2.45) is 0 Å². The number of rotatable bonds is 10. The Bertz CT molecular complexity index is 2700. The minimum Gasteiger partial charge on any atom is -0.302 e. The van der Waals surface area contributed by atoms with Crippen molar-refractivity contribution in [3.05, 3.63) is 224 Å². The molecule has 0 bridgehead atoms. The van der Waals surface area contributed by atoms with E-state index in [1.807, 2.05) is 70.5 Å². The molecule has 6 aromatic rings. The van der Waals surface area contributed by atoms with Crippen LogP contribution in [0.2, 0.25) is 0 Å². The normalized spacial score (nSPS) is 14.9. The van der Waals surface area contributed by atoms with Crippen LogP contribution in [-0.2, 0) is 44.3 Å². The van der Waals surface area contributed by atoms with Gasteiger partial charge in [-0.15, -0.1) is 0 Å². The van der Waals surface area contributed by atoms with E-state index in [-0.39, 0.29) is 33.5 Å². The Morgan fingerprint density at radius 3 is 0.912 bits per heavy atom. The van der Waals surface area contributed by atoms with Crippen molar-refractivity contribution in [2.75, 3.05) is 0 Å². The lowest BCUT2D eigenvalue weighted by Gasteiger charge is -2.26. The fraction of sp³-hybridized carbons (Fsp3) is 0.281. The van der Waals surface area contributed by atoms with Crippen molar-refractivity contribution in [3.63, 3.8) is 0 Å². The minimum absolute atomic E-state index is 0.0174. The topological polar surface area (TPSA) is 40.6 Å². The SMILES string of the molecule is CC(C)(C)c1cc(/C=C/c2ccc(C3=C4C(=O)N(Cc5ccccc5)C(c5ccc(/C=C/c6cc(C(C)(C)C)cc(C(C)(C)C)c6)cc5)=C4C(=O)N3Cc3ccccc3)cc2)cc(C(C)(C)C)c1. The van der Waals surface area contributed by atoms with Crippen molar-refractivity contribution < 1.29 is 9.59 Å².